The summed E-state index contributed by atoms with van der Waals surface area (Å²) in [5.74, 6) is 1.08. The standard InChI is InChI=1S/C8H14N4/c1-5-3-4-7(9)12-8(10)11-6(5)2/h4-5H,3,9H2,1-2H3,(H2,10,12)/t5-/m1/s1. The highest BCUT2D eigenvalue weighted by atomic mass is 15.1. The molecule has 0 amide bonds. The zero-order valence-corrected chi connectivity index (χ0v) is 7.41. The summed E-state index contributed by atoms with van der Waals surface area (Å²) in [4.78, 5) is 7.96. The molecule has 4 N–H and O–H groups in total. The average Bonchev–Trinajstić information content (AvgIpc) is 1.98. The van der Waals surface area contributed by atoms with Gasteiger partial charge in [0.2, 0.25) is 5.96 Å². The fraction of sp³-hybridized carbons (Fsp3) is 0.500. The monoisotopic (exact) mass is 166 g/mol. The Labute approximate surface area is 72.1 Å². The molecule has 0 unspecified atom stereocenters. The number of guanidine groups is 1. The quantitative estimate of drug-likeness (QED) is 0.553. The minimum absolute atomic E-state index is 0.243. The number of allylic oxidation sites excluding steroid dienone is 1. The van der Waals surface area contributed by atoms with Crippen molar-refractivity contribution in [3.63, 3.8) is 0 Å². The lowest BCUT2D eigenvalue weighted by atomic mass is 10.0. The van der Waals surface area contributed by atoms with Crippen LogP contribution in [-0.4, -0.2) is 11.7 Å². The summed E-state index contributed by atoms with van der Waals surface area (Å²) in [6, 6.07) is 0. The molecule has 1 rings (SSSR count). The molecule has 0 aromatic carbocycles. The summed E-state index contributed by atoms with van der Waals surface area (Å²) < 4.78 is 0. The molecule has 66 valence electrons. The zero-order chi connectivity index (χ0) is 9.14. The molecular formula is C8H14N4. The van der Waals surface area contributed by atoms with Crippen molar-refractivity contribution in [2.75, 3.05) is 0 Å². The maximum atomic E-state index is 5.53. The molecular weight excluding hydrogens is 152 g/mol. The van der Waals surface area contributed by atoms with Crippen molar-refractivity contribution < 1.29 is 0 Å². The summed E-state index contributed by atoms with van der Waals surface area (Å²) in [6.45, 7) is 4.03. The Morgan fingerprint density at radius 3 is 2.75 bits per heavy atom. The first-order valence-electron chi connectivity index (χ1n) is 3.94. The SMILES string of the molecule is CC1=NC(N)=NC(N)=CC[C@H]1C. The Kier molecular flexibility index (Phi) is 2.47. The van der Waals surface area contributed by atoms with Crippen molar-refractivity contribution in [2.45, 2.75) is 20.3 Å². The number of hydrogen-bond acceptors (Lipinski definition) is 4. The van der Waals surface area contributed by atoms with Crippen LogP contribution in [0.5, 0.6) is 0 Å². The zero-order valence-electron chi connectivity index (χ0n) is 7.41. The van der Waals surface area contributed by atoms with E-state index >= 15 is 0 Å². The normalized spacial score (nSPS) is 24.8. The van der Waals surface area contributed by atoms with Crippen molar-refractivity contribution in [3.8, 4) is 0 Å². The van der Waals surface area contributed by atoms with E-state index < -0.39 is 0 Å². The molecule has 1 aliphatic heterocycles. The molecule has 4 nitrogen and oxygen atoms in total. The molecule has 0 aromatic heterocycles. The van der Waals surface area contributed by atoms with Gasteiger partial charge in [0.25, 0.3) is 0 Å². The first-order valence-corrected chi connectivity index (χ1v) is 3.94. The van der Waals surface area contributed by atoms with Gasteiger partial charge in [-0.15, -0.1) is 0 Å². The van der Waals surface area contributed by atoms with Gasteiger partial charge in [0.15, 0.2) is 0 Å². The summed E-state index contributed by atoms with van der Waals surface area (Å²) in [5, 5.41) is 0. The van der Waals surface area contributed by atoms with Crippen LogP contribution < -0.4 is 11.5 Å². The molecule has 0 radical (unpaired) electrons. The molecule has 1 aliphatic rings. The van der Waals surface area contributed by atoms with Crippen LogP contribution in [0.25, 0.3) is 0 Å². The largest absolute Gasteiger partial charge is 0.384 e. The fourth-order valence-corrected chi connectivity index (χ4v) is 0.962. The van der Waals surface area contributed by atoms with Crippen molar-refractivity contribution in [1.29, 1.82) is 0 Å². The van der Waals surface area contributed by atoms with E-state index in [9.17, 15) is 0 Å². The van der Waals surface area contributed by atoms with Gasteiger partial charge >= 0.3 is 0 Å². The van der Waals surface area contributed by atoms with E-state index in [0.717, 1.165) is 12.1 Å². The van der Waals surface area contributed by atoms with E-state index in [1.165, 1.54) is 0 Å². The Hall–Kier alpha value is -1.32. The lowest BCUT2D eigenvalue weighted by molar-refractivity contribution is 0.777. The molecule has 0 saturated carbocycles. The molecule has 1 atom stereocenters. The third kappa shape index (κ3) is 2.08. The predicted molar refractivity (Wildman–Crippen MR) is 50.8 cm³/mol. The summed E-state index contributed by atoms with van der Waals surface area (Å²) >= 11 is 0. The van der Waals surface area contributed by atoms with Gasteiger partial charge in [0.1, 0.15) is 5.82 Å². The van der Waals surface area contributed by atoms with Gasteiger partial charge in [-0.3, -0.25) is 0 Å². The van der Waals surface area contributed by atoms with Crippen LogP contribution in [0, 0.1) is 5.92 Å². The molecule has 0 aromatic rings. The predicted octanol–water partition coefficient (Wildman–Crippen LogP) is 0.602. The Bertz CT molecular complexity index is 262. The second kappa shape index (κ2) is 3.38. The van der Waals surface area contributed by atoms with Crippen molar-refractivity contribution >= 4 is 11.7 Å². The molecule has 0 saturated heterocycles. The smallest absolute Gasteiger partial charge is 0.221 e. The summed E-state index contributed by atoms with van der Waals surface area (Å²) in [5.41, 5.74) is 12.0. The topological polar surface area (TPSA) is 76.8 Å². The number of hydrogen-bond donors (Lipinski definition) is 2. The molecule has 0 fully saturated rings. The van der Waals surface area contributed by atoms with Gasteiger partial charge in [-0.2, -0.15) is 4.99 Å². The number of aliphatic imine (C=N–C) groups is 2. The van der Waals surface area contributed by atoms with Crippen molar-refractivity contribution in [1.82, 2.24) is 0 Å². The Morgan fingerprint density at radius 2 is 2.08 bits per heavy atom. The fourth-order valence-electron chi connectivity index (χ4n) is 0.962. The molecule has 12 heavy (non-hydrogen) atoms. The molecule has 1 heterocycles. The highest BCUT2D eigenvalue weighted by Gasteiger charge is 2.07. The van der Waals surface area contributed by atoms with E-state index in [1.54, 1.807) is 0 Å². The minimum atomic E-state index is 0.243. The van der Waals surface area contributed by atoms with Crippen molar-refractivity contribution in [2.24, 2.45) is 27.4 Å². The Balaban J connectivity index is 2.96. The minimum Gasteiger partial charge on any atom is -0.384 e. The van der Waals surface area contributed by atoms with Gasteiger partial charge in [-0.25, -0.2) is 4.99 Å². The van der Waals surface area contributed by atoms with E-state index in [-0.39, 0.29) is 5.96 Å². The van der Waals surface area contributed by atoms with Crippen LogP contribution in [0.2, 0.25) is 0 Å². The highest BCUT2D eigenvalue weighted by Crippen LogP contribution is 2.09. The number of nitrogens with two attached hydrogens (primary N) is 2. The van der Waals surface area contributed by atoms with Gasteiger partial charge in [-0.05, 0) is 25.3 Å². The van der Waals surface area contributed by atoms with E-state index in [1.807, 2.05) is 13.0 Å². The van der Waals surface area contributed by atoms with Crippen LogP contribution >= 0.6 is 0 Å². The van der Waals surface area contributed by atoms with Gasteiger partial charge < -0.3 is 11.5 Å². The Morgan fingerprint density at radius 1 is 1.42 bits per heavy atom. The lowest BCUT2D eigenvalue weighted by Gasteiger charge is -2.10. The average molecular weight is 166 g/mol. The molecule has 0 spiro atoms. The van der Waals surface area contributed by atoms with Crippen molar-refractivity contribution in [3.05, 3.63) is 11.9 Å². The molecule has 0 bridgehead atoms. The highest BCUT2D eigenvalue weighted by molar-refractivity contribution is 5.96. The van der Waals surface area contributed by atoms with E-state index in [2.05, 4.69) is 16.9 Å². The maximum Gasteiger partial charge on any atom is 0.221 e. The van der Waals surface area contributed by atoms with Gasteiger partial charge in [0.05, 0.1) is 0 Å². The van der Waals surface area contributed by atoms with Crippen LogP contribution in [0.3, 0.4) is 0 Å². The number of rotatable bonds is 0. The first-order chi connectivity index (χ1) is 5.59. The maximum absolute atomic E-state index is 5.53. The van der Waals surface area contributed by atoms with E-state index in [0.29, 0.717) is 11.7 Å². The second-order valence-corrected chi connectivity index (χ2v) is 2.99. The number of nitrogens with zero attached hydrogens (tertiary/aromatic N) is 2. The summed E-state index contributed by atoms with van der Waals surface area (Å²) in [6.07, 6.45) is 2.74. The van der Waals surface area contributed by atoms with Crippen LogP contribution in [0.1, 0.15) is 20.3 Å². The first kappa shape index (κ1) is 8.77. The molecule has 4 heteroatoms. The van der Waals surface area contributed by atoms with Crippen LogP contribution in [0.4, 0.5) is 0 Å². The van der Waals surface area contributed by atoms with Crippen LogP contribution in [0.15, 0.2) is 21.9 Å². The second-order valence-electron chi connectivity index (χ2n) is 2.99. The third-order valence-electron chi connectivity index (χ3n) is 1.93. The van der Waals surface area contributed by atoms with E-state index in [4.69, 9.17) is 11.5 Å². The lowest BCUT2D eigenvalue weighted by Crippen LogP contribution is -2.18. The third-order valence-corrected chi connectivity index (χ3v) is 1.93. The van der Waals surface area contributed by atoms with Gasteiger partial charge in [-0.1, -0.05) is 6.92 Å². The molecule has 0 aliphatic carbocycles. The van der Waals surface area contributed by atoms with Gasteiger partial charge in [0, 0.05) is 5.71 Å². The summed E-state index contributed by atoms with van der Waals surface area (Å²) in [7, 11) is 0. The van der Waals surface area contributed by atoms with Crippen LogP contribution in [-0.2, 0) is 0 Å².